The van der Waals surface area contributed by atoms with Gasteiger partial charge in [0.2, 0.25) is 0 Å². The fraction of sp³-hybridized carbons (Fsp3) is 0.318. The van der Waals surface area contributed by atoms with Gasteiger partial charge in [0.15, 0.2) is 0 Å². The van der Waals surface area contributed by atoms with Gasteiger partial charge in [0.1, 0.15) is 11.3 Å². The molecule has 0 atom stereocenters. The molecule has 150 valence electrons. The molecule has 0 spiro atoms. The van der Waals surface area contributed by atoms with Crippen LogP contribution in [0.1, 0.15) is 45.4 Å². The van der Waals surface area contributed by atoms with Gasteiger partial charge >= 0.3 is 5.63 Å². The summed E-state index contributed by atoms with van der Waals surface area (Å²) < 4.78 is 5.53. The molecule has 3 heterocycles. The van der Waals surface area contributed by atoms with Crippen molar-refractivity contribution in [3.05, 3.63) is 68.0 Å². The van der Waals surface area contributed by atoms with E-state index in [4.69, 9.17) is 4.42 Å². The predicted molar refractivity (Wildman–Crippen MR) is 115 cm³/mol. The molecule has 0 bridgehead atoms. The fourth-order valence-corrected chi connectivity index (χ4v) is 4.28. The molecule has 29 heavy (non-hydrogen) atoms. The second kappa shape index (κ2) is 8.31. The van der Waals surface area contributed by atoms with Gasteiger partial charge in [0, 0.05) is 22.5 Å². The van der Waals surface area contributed by atoms with Crippen molar-refractivity contribution >= 4 is 22.9 Å². The molecule has 2 N–H and O–H groups in total. The number of hydrogen-bond acceptors (Lipinski definition) is 6. The summed E-state index contributed by atoms with van der Waals surface area (Å²) >= 11 is 1.58. The van der Waals surface area contributed by atoms with Crippen molar-refractivity contribution in [3.8, 4) is 11.3 Å². The predicted octanol–water partition coefficient (Wildman–Crippen LogP) is 4.10. The summed E-state index contributed by atoms with van der Waals surface area (Å²) in [4.78, 5) is 29.9. The highest BCUT2D eigenvalue weighted by Gasteiger charge is 2.22. The molecule has 6 nitrogen and oxygen atoms in total. The van der Waals surface area contributed by atoms with Gasteiger partial charge in [-0.05, 0) is 63.5 Å². The molecule has 1 saturated heterocycles. The third-order valence-corrected chi connectivity index (χ3v) is 5.95. The van der Waals surface area contributed by atoms with Crippen LogP contribution >= 0.6 is 11.3 Å². The van der Waals surface area contributed by atoms with Crippen molar-refractivity contribution < 1.29 is 9.21 Å². The van der Waals surface area contributed by atoms with E-state index in [0.717, 1.165) is 42.2 Å². The summed E-state index contributed by atoms with van der Waals surface area (Å²) in [5.74, 6) is 0.434. The number of benzene rings is 1. The number of nitrogens with zero attached hydrogens (tertiary/aromatic N) is 1. The Bertz CT molecular complexity index is 1100. The summed E-state index contributed by atoms with van der Waals surface area (Å²) in [5, 5.41) is 9.09. The first-order valence-electron chi connectivity index (χ1n) is 9.70. The second-order valence-corrected chi connectivity index (χ2v) is 8.37. The van der Waals surface area contributed by atoms with Crippen molar-refractivity contribution in [1.82, 2.24) is 10.3 Å². The van der Waals surface area contributed by atoms with E-state index in [2.05, 4.69) is 15.6 Å². The maximum Gasteiger partial charge on any atom is 0.349 e. The normalized spacial score (nSPS) is 14.7. The lowest BCUT2D eigenvalue weighted by atomic mass is 9.94. The molecule has 0 radical (unpaired) electrons. The van der Waals surface area contributed by atoms with Crippen LogP contribution in [0.3, 0.4) is 0 Å². The number of carbonyl (C=O) groups excluding carboxylic acids is 1. The number of rotatable bonds is 4. The molecule has 0 unspecified atom stereocenters. The van der Waals surface area contributed by atoms with Crippen LogP contribution in [0.25, 0.3) is 11.3 Å². The lowest BCUT2D eigenvalue weighted by molar-refractivity contribution is 0.102. The molecule has 1 aliphatic heterocycles. The Balaban J connectivity index is 1.56. The second-order valence-electron chi connectivity index (χ2n) is 7.31. The minimum atomic E-state index is -0.581. The van der Waals surface area contributed by atoms with Gasteiger partial charge in [-0.1, -0.05) is 12.1 Å². The zero-order valence-corrected chi connectivity index (χ0v) is 17.3. The van der Waals surface area contributed by atoms with Gasteiger partial charge in [-0.25, -0.2) is 9.78 Å². The third kappa shape index (κ3) is 4.31. The van der Waals surface area contributed by atoms with E-state index in [1.165, 1.54) is 0 Å². The molecule has 2 aromatic heterocycles. The quantitative estimate of drug-likeness (QED) is 0.678. The summed E-state index contributed by atoms with van der Waals surface area (Å²) in [6.07, 6.45) is 1.85. The average Bonchev–Trinajstić information content (AvgIpc) is 3.15. The summed E-state index contributed by atoms with van der Waals surface area (Å²) in [5.41, 5.74) is 2.50. The van der Waals surface area contributed by atoms with E-state index in [0.29, 0.717) is 17.0 Å². The van der Waals surface area contributed by atoms with Gasteiger partial charge in [-0.3, -0.25) is 4.79 Å². The van der Waals surface area contributed by atoms with Crippen LogP contribution < -0.4 is 16.3 Å². The van der Waals surface area contributed by atoms with Gasteiger partial charge in [-0.2, -0.15) is 0 Å². The Morgan fingerprint density at radius 3 is 2.72 bits per heavy atom. The number of piperidine rings is 1. The molecule has 3 aromatic rings. The Kier molecular flexibility index (Phi) is 5.60. The van der Waals surface area contributed by atoms with Crippen LogP contribution in [0.5, 0.6) is 0 Å². The first-order valence-corrected chi connectivity index (χ1v) is 10.6. The Morgan fingerprint density at radius 2 is 2.03 bits per heavy atom. The van der Waals surface area contributed by atoms with Crippen LogP contribution in [0.4, 0.5) is 5.69 Å². The van der Waals surface area contributed by atoms with Gasteiger partial charge in [0.25, 0.3) is 5.91 Å². The first kappa shape index (κ1) is 19.5. The zero-order valence-electron chi connectivity index (χ0n) is 16.5. The lowest BCUT2D eigenvalue weighted by Gasteiger charge is -2.21. The van der Waals surface area contributed by atoms with Crippen LogP contribution in [0, 0.1) is 13.8 Å². The van der Waals surface area contributed by atoms with E-state index in [1.807, 2.05) is 36.6 Å². The number of aryl methyl sites for hydroxylation is 2. The highest BCUT2D eigenvalue weighted by Crippen LogP contribution is 2.26. The monoisotopic (exact) mass is 409 g/mol. The van der Waals surface area contributed by atoms with Gasteiger partial charge in [0.05, 0.1) is 10.7 Å². The Hall–Kier alpha value is -2.77. The summed E-state index contributed by atoms with van der Waals surface area (Å²) in [6.45, 7) is 5.55. The molecule has 1 fully saturated rings. The number of hydrogen-bond donors (Lipinski definition) is 2. The van der Waals surface area contributed by atoms with Crippen molar-refractivity contribution in [3.63, 3.8) is 0 Å². The highest BCUT2D eigenvalue weighted by atomic mass is 32.1. The summed E-state index contributed by atoms with van der Waals surface area (Å²) in [7, 11) is 0. The smallest absolute Gasteiger partial charge is 0.349 e. The molecule has 4 rings (SSSR count). The van der Waals surface area contributed by atoms with Crippen molar-refractivity contribution in [2.45, 2.75) is 32.6 Å². The van der Waals surface area contributed by atoms with E-state index in [9.17, 15) is 9.59 Å². The van der Waals surface area contributed by atoms with Crippen LogP contribution in [-0.2, 0) is 0 Å². The minimum absolute atomic E-state index is 0.0533. The average molecular weight is 410 g/mol. The first-order chi connectivity index (χ1) is 14.0. The van der Waals surface area contributed by atoms with Crippen molar-refractivity contribution in [2.75, 3.05) is 18.4 Å². The zero-order chi connectivity index (χ0) is 20.4. The van der Waals surface area contributed by atoms with E-state index < -0.39 is 11.5 Å². The molecular formula is C22H23N3O3S. The summed E-state index contributed by atoms with van der Waals surface area (Å²) in [6, 6.07) is 9.28. The van der Waals surface area contributed by atoms with Gasteiger partial charge < -0.3 is 15.1 Å². The fourth-order valence-electron chi connectivity index (χ4n) is 3.66. The van der Waals surface area contributed by atoms with E-state index in [1.54, 1.807) is 24.3 Å². The lowest BCUT2D eigenvalue weighted by Crippen LogP contribution is -2.28. The molecule has 1 amide bonds. The molecule has 1 aliphatic rings. The van der Waals surface area contributed by atoms with Crippen LogP contribution in [-0.4, -0.2) is 24.0 Å². The van der Waals surface area contributed by atoms with Crippen LogP contribution in [0.2, 0.25) is 0 Å². The Labute approximate surface area is 173 Å². The topological polar surface area (TPSA) is 84.2 Å². The number of nitrogens with one attached hydrogen (secondary N) is 2. The molecule has 0 saturated carbocycles. The number of anilines is 1. The van der Waals surface area contributed by atoms with Crippen molar-refractivity contribution in [2.24, 2.45) is 0 Å². The highest BCUT2D eigenvalue weighted by molar-refractivity contribution is 7.09. The van der Waals surface area contributed by atoms with Crippen molar-refractivity contribution in [1.29, 1.82) is 0 Å². The third-order valence-electron chi connectivity index (χ3n) is 5.17. The number of carbonyl (C=O) groups is 1. The number of thiazole rings is 1. The standard InChI is InChI=1S/C22H23N3O3S/c1-13-10-19(15-6-8-23-9-7-15)28-22(27)20(13)21(26)25-17-5-3-4-16(11-17)18-12-29-14(2)24-18/h3-5,10-12,15,23H,6-9H2,1-2H3,(H,25,26). The molecule has 7 heteroatoms. The minimum Gasteiger partial charge on any atom is -0.427 e. The SMILES string of the molecule is Cc1nc(-c2cccc(NC(=O)c3c(C)cc(C4CCNCC4)oc3=O)c2)cs1. The maximum atomic E-state index is 12.8. The largest absolute Gasteiger partial charge is 0.427 e. The molecule has 0 aliphatic carbocycles. The number of aromatic nitrogens is 1. The molecule has 1 aromatic carbocycles. The van der Waals surface area contributed by atoms with Crippen LogP contribution in [0.15, 0.2) is 44.9 Å². The Morgan fingerprint density at radius 1 is 1.24 bits per heavy atom. The van der Waals surface area contributed by atoms with E-state index in [-0.39, 0.29) is 11.5 Å². The van der Waals surface area contributed by atoms with Gasteiger partial charge in [-0.15, -0.1) is 11.3 Å². The maximum absolute atomic E-state index is 12.8. The van der Waals surface area contributed by atoms with E-state index >= 15 is 0 Å². The number of amides is 1. The molecular weight excluding hydrogens is 386 g/mol.